The van der Waals surface area contributed by atoms with Crippen LogP contribution >= 0.6 is 11.3 Å². The number of urea groups is 1. The average molecular weight is 338 g/mol. The lowest BCUT2D eigenvalue weighted by atomic mass is 9.96. The number of hydrogen-bond donors (Lipinski definition) is 3. The highest BCUT2D eigenvalue weighted by Crippen LogP contribution is 2.17. The van der Waals surface area contributed by atoms with Crippen LogP contribution in [0.25, 0.3) is 0 Å². The summed E-state index contributed by atoms with van der Waals surface area (Å²) in [5.74, 6) is -0.202. The van der Waals surface area contributed by atoms with E-state index >= 15 is 0 Å². The number of imide groups is 1. The lowest BCUT2D eigenvalue weighted by Gasteiger charge is -2.25. The Morgan fingerprint density at radius 2 is 2.09 bits per heavy atom. The molecule has 1 aromatic rings. The number of rotatable bonds is 6. The lowest BCUT2D eigenvalue weighted by Crippen LogP contribution is -3.15. The molecular formula is C17H28N3O2S+. The van der Waals surface area contributed by atoms with Gasteiger partial charge < -0.3 is 10.2 Å². The molecule has 2 atom stereocenters. The van der Waals surface area contributed by atoms with Crippen molar-refractivity contribution in [1.29, 1.82) is 0 Å². The Balaban J connectivity index is 1.81. The van der Waals surface area contributed by atoms with E-state index in [0.29, 0.717) is 0 Å². The Hall–Kier alpha value is -1.40. The molecule has 6 heteroatoms. The Kier molecular flexibility index (Phi) is 7.05. The number of quaternary nitrogens is 1. The summed E-state index contributed by atoms with van der Waals surface area (Å²) < 4.78 is 0. The van der Waals surface area contributed by atoms with Gasteiger partial charge in [-0.3, -0.25) is 10.1 Å². The van der Waals surface area contributed by atoms with Crippen LogP contribution in [0.3, 0.4) is 0 Å². The molecule has 2 rings (SSSR count). The predicted octanol–water partition coefficient (Wildman–Crippen LogP) is 1.70. The third-order valence-electron chi connectivity index (χ3n) is 4.62. The van der Waals surface area contributed by atoms with Crippen LogP contribution in [0.5, 0.6) is 0 Å². The second-order valence-electron chi connectivity index (χ2n) is 6.29. The van der Waals surface area contributed by atoms with Crippen LogP contribution in [0, 0.1) is 0 Å². The van der Waals surface area contributed by atoms with E-state index in [4.69, 9.17) is 0 Å². The second kappa shape index (κ2) is 9.03. The van der Waals surface area contributed by atoms with Crippen molar-refractivity contribution >= 4 is 23.3 Å². The second-order valence-corrected chi connectivity index (χ2v) is 7.32. The molecule has 0 radical (unpaired) electrons. The van der Waals surface area contributed by atoms with Gasteiger partial charge in [0.05, 0.1) is 11.4 Å². The maximum atomic E-state index is 12.3. The van der Waals surface area contributed by atoms with Crippen LogP contribution in [0.1, 0.15) is 50.8 Å². The van der Waals surface area contributed by atoms with Gasteiger partial charge in [-0.25, -0.2) is 4.79 Å². The highest BCUT2D eigenvalue weighted by molar-refractivity contribution is 7.09. The van der Waals surface area contributed by atoms with E-state index in [9.17, 15) is 9.59 Å². The Labute approximate surface area is 142 Å². The van der Waals surface area contributed by atoms with Gasteiger partial charge in [-0.15, -0.1) is 11.3 Å². The highest BCUT2D eigenvalue weighted by Gasteiger charge is 2.26. The van der Waals surface area contributed by atoms with Gasteiger partial charge in [0.15, 0.2) is 6.04 Å². The lowest BCUT2D eigenvalue weighted by molar-refractivity contribution is -0.925. The first-order chi connectivity index (χ1) is 11.1. The van der Waals surface area contributed by atoms with Crippen molar-refractivity contribution in [1.82, 2.24) is 10.6 Å². The van der Waals surface area contributed by atoms with Gasteiger partial charge in [-0.05, 0) is 38.1 Å². The first-order valence-electron chi connectivity index (χ1n) is 8.58. The van der Waals surface area contributed by atoms with E-state index in [1.54, 1.807) is 11.3 Å². The highest BCUT2D eigenvalue weighted by atomic mass is 32.1. The topological polar surface area (TPSA) is 62.6 Å². The summed E-state index contributed by atoms with van der Waals surface area (Å²) in [5.41, 5.74) is 0. The van der Waals surface area contributed by atoms with Crippen LogP contribution in [0.4, 0.5) is 4.79 Å². The quantitative estimate of drug-likeness (QED) is 0.739. The molecule has 1 saturated carbocycles. The van der Waals surface area contributed by atoms with Gasteiger partial charge in [0.25, 0.3) is 5.91 Å². The number of carbonyl (C=O) groups is 2. The average Bonchev–Trinajstić information content (AvgIpc) is 3.05. The molecule has 0 aromatic carbocycles. The molecule has 1 fully saturated rings. The molecule has 0 bridgehead atoms. The molecule has 0 aliphatic heterocycles. The maximum Gasteiger partial charge on any atom is 0.321 e. The third kappa shape index (κ3) is 5.62. The maximum absolute atomic E-state index is 12.3. The smallest absolute Gasteiger partial charge is 0.321 e. The minimum Gasteiger partial charge on any atom is -0.335 e. The predicted molar refractivity (Wildman–Crippen MR) is 92.5 cm³/mol. The summed E-state index contributed by atoms with van der Waals surface area (Å²) >= 11 is 1.70. The van der Waals surface area contributed by atoms with E-state index in [-0.39, 0.29) is 24.0 Å². The molecule has 1 aliphatic carbocycles. The van der Waals surface area contributed by atoms with Gasteiger partial charge in [0.2, 0.25) is 0 Å². The Morgan fingerprint density at radius 3 is 2.70 bits per heavy atom. The number of nitrogens with one attached hydrogen (secondary N) is 3. The third-order valence-corrected chi connectivity index (χ3v) is 5.49. The van der Waals surface area contributed by atoms with Crippen molar-refractivity contribution in [3.8, 4) is 0 Å². The van der Waals surface area contributed by atoms with Crippen molar-refractivity contribution < 1.29 is 14.5 Å². The van der Waals surface area contributed by atoms with Crippen LogP contribution in [0.15, 0.2) is 17.5 Å². The van der Waals surface area contributed by atoms with E-state index < -0.39 is 0 Å². The Bertz CT molecular complexity index is 498. The normalized spacial score (nSPS) is 18.2. The van der Waals surface area contributed by atoms with E-state index in [2.05, 4.69) is 23.6 Å². The molecule has 0 spiro atoms. The summed E-state index contributed by atoms with van der Waals surface area (Å²) in [6.07, 6.45) is 5.59. The monoisotopic (exact) mass is 338 g/mol. The van der Waals surface area contributed by atoms with E-state index in [1.807, 2.05) is 18.4 Å². The molecule has 5 nitrogen and oxygen atoms in total. The summed E-state index contributed by atoms with van der Waals surface area (Å²) in [6, 6.07) is 3.73. The first-order valence-corrected chi connectivity index (χ1v) is 9.46. The molecule has 3 amide bonds. The summed E-state index contributed by atoms with van der Waals surface area (Å²) in [5, 5.41) is 7.49. The van der Waals surface area contributed by atoms with Crippen LogP contribution in [-0.2, 0) is 11.3 Å². The minimum absolute atomic E-state index is 0.202. The van der Waals surface area contributed by atoms with Crippen molar-refractivity contribution in [2.75, 3.05) is 6.54 Å². The van der Waals surface area contributed by atoms with Gasteiger partial charge in [-0.2, -0.15) is 0 Å². The number of hydrogen-bond acceptors (Lipinski definition) is 3. The summed E-state index contributed by atoms with van der Waals surface area (Å²) in [6.45, 7) is 5.61. The van der Waals surface area contributed by atoms with Gasteiger partial charge >= 0.3 is 6.03 Å². The van der Waals surface area contributed by atoms with Crippen molar-refractivity contribution in [2.24, 2.45) is 0 Å². The number of thiophene rings is 1. The van der Waals surface area contributed by atoms with Crippen LogP contribution in [0.2, 0.25) is 0 Å². The molecule has 3 N–H and O–H groups in total. The fraction of sp³-hybridized carbons (Fsp3) is 0.647. The van der Waals surface area contributed by atoms with Crippen LogP contribution in [-0.4, -0.2) is 30.6 Å². The van der Waals surface area contributed by atoms with E-state index in [1.165, 1.54) is 11.3 Å². The molecular weight excluding hydrogens is 310 g/mol. The number of carbonyl (C=O) groups excluding carboxylic acids is 2. The SMILES string of the molecule is CC[NH+](Cc1cccs1)[C@H](C)C(=O)NC(=O)NC1CCCCC1. The van der Waals surface area contributed by atoms with Crippen molar-refractivity contribution in [3.05, 3.63) is 22.4 Å². The fourth-order valence-electron chi connectivity index (χ4n) is 3.10. The zero-order chi connectivity index (χ0) is 16.7. The molecule has 1 aromatic heterocycles. The zero-order valence-electron chi connectivity index (χ0n) is 14.1. The first kappa shape index (κ1) is 17.9. The summed E-state index contributed by atoms with van der Waals surface area (Å²) in [4.78, 5) is 26.8. The molecule has 128 valence electrons. The van der Waals surface area contributed by atoms with Gasteiger partial charge in [-0.1, -0.05) is 25.3 Å². The van der Waals surface area contributed by atoms with Crippen molar-refractivity contribution in [3.63, 3.8) is 0 Å². The number of amides is 3. The summed E-state index contributed by atoms with van der Waals surface area (Å²) in [7, 11) is 0. The zero-order valence-corrected chi connectivity index (χ0v) is 14.9. The number of likely N-dealkylation sites (N-methyl/N-ethyl adjacent to an activating group) is 1. The van der Waals surface area contributed by atoms with Crippen LogP contribution < -0.4 is 15.5 Å². The largest absolute Gasteiger partial charge is 0.335 e. The Morgan fingerprint density at radius 1 is 1.35 bits per heavy atom. The molecule has 1 unspecified atom stereocenters. The van der Waals surface area contributed by atoms with Crippen molar-refractivity contribution in [2.45, 2.75) is 64.6 Å². The molecule has 1 heterocycles. The van der Waals surface area contributed by atoms with E-state index in [0.717, 1.165) is 43.7 Å². The standard InChI is InChI=1S/C17H27N3O2S/c1-3-20(12-15-10-7-11-23-15)13(2)16(21)19-17(22)18-14-8-5-4-6-9-14/h7,10-11,13-14H,3-6,8-9,12H2,1-2H3,(H2,18,19,21,22)/p+1/t13-/m1/s1. The molecule has 23 heavy (non-hydrogen) atoms. The molecule has 1 aliphatic rings. The fourth-order valence-corrected chi connectivity index (χ4v) is 3.85. The van der Waals surface area contributed by atoms with Gasteiger partial charge in [0.1, 0.15) is 6.54 Å². The minimum atomic E-state index is -0.347. The van der Waals surface area contributed by atoms with Gasteiger partial charge in [0, 0.05) is 6.04 Å². The molecule has 0 saturated heterocycles.